The van der Waals surface area contributed by atoms with Crippen molar-refractivity contribution in [2.24, 2.45) is 0 Å². The molecule has 1 aromatic heterocycles. The third-order valence-corrected chi connectivity index (χ3v) is 4.38. The first-order valence-corrected chi connectivity index (χ1v) is 7.55. The Kier molecular flexibility index (Phi) is 2.94. The number of benzene rings is 2. The normalized spacial score (nSPS) is 11.7. The first kappa shape index (κ1) is 12.7. The molecule has 102 valence electrons. The van der Waals surface area contributed by atoms with Crippen LogP contribution in [0.25, 0.3) is 11.0 Å². The summed E-state index contributed by atoms with van der Waals surface area (Å²) in [7, 11) is -3.59. The van der Waals surface area contributed by atoms with E-state index >= 15 is 0 Å². The molecule has 2 N–H and O–H groups in total. The van der Waals surface area contributed by atoms with E-state index in [9.17, 15) is 8.42 Å². The number of sulfonamides is 1. The second-order valence-electron chi connectivity index (χ2n) is 4.55. The van der Waals surface area contributed by atoms with Crippen molar-refractivity contribution in [2.45, 2.75) is 11.8 Å². The molecule has 1 heterocycles. The summed E-state index contributed by atoms with van der Waals surface area (Å²) < 4.78 is 27.2. The fourth-order valence-corrected chi connectivity index (χ4v) is 3.00. The van der Waals surface area contributed by atoms with Crippen LogP contribution in [0.2, 0.25) is 0 Å². The van der Waals surface area contributed by atoms with Crippen LogP contribution in [0.5, 0.6) is 0 Å². The minimum Gasteiger partial charge on any atom is -0.345 e. The largest absolute Gasteiger partial charge is 0.345 e. The summed E-state index contributed by atoms with van der Waals surface area (Å²) in [6.07, 6.45) is 1.54. The van der Waals surface area contributed by atoms with Crippen LogP contribution in [-0.4, -0.2) is 18.4 Å². The Morgan fingerprint density at radius 3 is 2.60 bits per heavy atom. The number of aromatic nitrogens is 2. The molecule has 5 nitrogen and oxygen atoms in total. The second-order valence-corrected chi connectivity index (χ2v) is 6.24. The van der Waals surface area contributed by atoms with Gasteiger partial charge >= 0.3 is 0 Å². The highest BCUT2D eigenvalue weighted by Gasteiger charge is 2.15. The van der Waals surface area contributed by atoms with Crippen LogP contribution in [0.15, 0.2) is 53.7 Å². The lowest BCUT2D eigenvalue weighted by Gasteiger charge is -2.08. The Labute approximate surface area is 116 Å². The van der Waals surface area contributed by atoms with E-state index in [4.69, 9.17) is 0 Å². The van der Waals surface area contributed by atoms with E-state index in [0.29, 0.717) is 11.2 Å². The monoisotopic (exact) mass is 287 g/mol. The molecular weight excluding hydrogens is 274 g/mol. The average molecular weight is 287 g/mol. The molecule has 0 saturated carbocycles. The summed E-state index contributed by atoms with van der Waals surface area (Å²) >= 11 is 0. The number of hydrogen-bond donors (Lipinski definition) is 2. The molecule has 0 saturated heterocycles. The molecule has 0 radical (unpaired) electrons. The summed E-state index contributed by atoms with van der Waals surface area (Å²) in [5.41, 5.74) is 3.04. The maximum Gasteiger partial charge on any atom is 0.261 e. The van der Waals surface area contributed by atoms with Gasteiger partial charge in [-0.15, -0.1) is 0 Å². The zero-order valence-electron chi connectivity index (χ0n) is 10.8. The molecule has 0 aliphatic rings. The molecule has 0 aliphatic carbocycles. The summed E-state index contributed by atoms with van der Waals surface area (Å²) in [6, 6.07) is 12.0. The summed E-state index contributed by atoms with van der Waals surface area (Å²) in [4.78, 5) is 7.17. The zero-order valence-corrected chi connectivity index (χ0v) is 11.6. The second kappa shape index (κ2) is 4.64. The molecule has 2 aromatic carbocycles. The van der Waals surface area contributed by atoms with E-state index < -0.39 is 10.0 Å². The van der Waals surface area contributed by atoms with Gasteiger partial charge < -0.3 is 4.98 Å². The SMILES string of the molecule is Cc1ccc(NS(=O)(=O)c2ccc3nc[nH]c3c2)cc1. The average Bonchev–Trinajstić information content (AvgIpc) is 2.88. The number of hydrogen-bond acceptors (Lipinski definition) is 3. The van der Waals surface area contributed by atoms with Crippen molar-refractivity contribution in [3.05, 3.63) is 54.4 Å². The maximum atomic E-state index is 12.3. The molecule has 0 spiro atoms. The van der Waals surface area contributed by atoms with Crippen molar-refractivity contribution < 1.29 is 8.42 Å². The lowest BCUT2D eigenvalue weighted by molar-refractivity contribution is 0.601. The minimum atomic E-state index is -3.59. The predicted molar refractivity (Wildman–Crippen MR) is 78.1 cm³/mol. The van der Waals surface area contributed by atoms with Crippen LogP contribution in [0.4, 0.5) is 5.69 Å². The van der Waals surface area contributed by atoms with Crippen LogP contribution in [0.3, 0.4) is 0 Å². The number of rotatable bonds is 3. The molecule has 0 fully saturated rings. The highest BCUT2D eigenvalue weighted by atomic mass is 32.2. The third-order valence-electron chi connectivity index (χ3n) is 3.01. The number of aromatic amines is 1. The van der Waals surface area contributed by atoms with Gasteiger partial charge in [-0.3, -0.25) is 4.72 Å². The van der Waals surface area contributed by atoms with Crippen LogP contribution < -0.4 is 4.72 Å². The number of H-pyrrole nitrogens is 1. The quantitative estimate of drug-likeness (QED) is 0.777. The molecule has 0 unspecified atom stereocenters. The Balaban J connectivity index is 1.96. The predicted octanol–water partition coefficient (Wildman–Crippen LogP) is 2.67. The van der Waals surface area contributed by atoms with Gasteiger partial charge in [0.25, 0.3) is 10.0 Å². The van der Waals surface area contributed by atoms with E-state index in [1.165, 1.54) is 6.33 Å². The first-order chi connectivity index (χ1) is 9.54. The Morgan fingerprint density at radius 1 is 1.10 bits per heavy atom. The van der Waals surface area contributed by atoms with Crippen molar-refractivity contribution >= 4 is 26.7 Å². The molecule has 3 aromatic rings. The van der Waals surface area contributed by atoms with Crippen LogP contribution >= 0.6 is 0 Å². The maximum absolute atomic E-state index is 12.3. The lowest BCUT2D eigenvalue weighted by atomic mass is 10.2. The van der Waals surface area contributed by atoms with E-state index in [2.05, 4.69) is 14.7 Å². The van der Waals surface area contributed by atoms with Gasteiger partial charge in [0.05, 0.1) is 22.3 Å². The Hall–Kier alpha value is -2.34. The van der Waals surface area contributed by atoms with Gasteiger partial charge in [-0.1, -0.05) is 17.7 Å². The smallest absolute Gasteiger partial charge is 0.261 e. The van der Waals surface area contributed by atoms with Gasteiger partial charge in [-0.25, -0.2) is 13.4 Å². The van der Waals surface area contributed by atoms with Crippen molar-refractivity contribution in [3.63, 3.8) is 0 Å². The zero-order chi connectivity index (χ0) is 14.2. The molecule has 0 bridgehead atoms. The lowest BCUT2D eigenvalue weighted by Crippen LogP contribution is -2.12. The van der Waals surface area contributed by atoms with E-state index in [1.54, 1.807) is 30.3 Å². The highest BCUT2D eigenvalue weighted by molar-refractivity contribution is 7.92. The number of imidazole rings is 1. The van der Waals surface area contributed by atoms with Crippen molar-refractivity contribution in [1.82, 2.24) is 9.97 Å². The Bertz CT molecular complexity index is 852. The van der Waals surface area contributed by atoms with Crippen molar-refractivity contribution in [1.29, 1.82) is 0 Å². The van der Waals surface area contributed by atoms with Gasteiger partial charge in [-0.2, -0.15) is 0 Å². The molecule has 0 aliphatic heterocycles. The van der Waals surface area contributed by atoms with Gasteiger partial charge in [0, 0.05) is 5.69 Å². The molecule has 20 heavy (non-hydrogen) atoms. The number of fused-ring (bicyclic) bond motifs is 1. The standard InChI is InChI=1S/C14H13N3O2S/c1-10-2-4-11(5-3-10)17-20(18,19)12-6-7-13-14(8-12)16-9-15-13/h2-9,17H,1H3,(H,15,16). The molecule has 0 atom stereocenters. The molecule has 3 rings (SSSR count). The highest BCUT2D eigenvalue weighted by Crippen LogP contribution is 2.19. The Morgan fingerprint density at radius 2 is 1.85 bits per heavy atom. The number of aryl methyl sites for hydroxylation is 1. The molecule has 0 amide bonds. The van der Waals surface area contributed by atoms with Crippen LogP contribution in [0, 0.1) is 6.92 Å². The van der Waals surface area contributed by atoms with Gasteiger partial charge in [0.1, 0.15) is 0 Å². The fourth-order valence-electron chi connectivity index (χ4n) is 1.92. The summed E-state index contributed by atoms with van der Waals surface area (Å²) in [5.74, 6) is 0. The number of nitrogens with one attached hydrogen (secondary N) is 2. The van der Waals surface area contributed by atoms with Crippen molar-refractivity contribution in [3.8, 4) is 0 Å². The minimum absolute atomic E-state index is 0.204. The van der Waals surface area contributed by atoms with Gasteiger partial charge in [0.15, 0.2) is 0 Å². The van der Waals surface area contributed by atoms with E-state index in [-0.39, 0.29) is 4.90 Å². The number of anilines is 1. The van der Waals surface area contributed by atoms with Gasteiger partial charge in [-0.05, 0) is 37.3 Å². The van der Waals surface area contributed by atoms with Crippen LogP contribution in [0.1, 0.15) is 5.56 Å². The van der Waals surface area contributed by atoms with Crippen molar-refractivity contribution in [2.75, 3.05) is 4.72 Å². The fraction of sp³-hybridized carbons (Fsp3) is 0.0714. The molecule has 6 heteroatoms. The van der Waals surface area contributed by atoms with Gasteiger partial charge in [0.2, 0.25) is 0 Å². The summed E-state index contributed by atoms with van der Waals surface area (Å²) in [6.45, 7) is 1.95. The number of nitrogens with zero attached hydrogens (tertiary/aromatic N) is 1. The topological polar surface area (TPSA) is 74.8 Å². The summed E-state index contributed by atoms with van der Waals surface area (Å²) in [5, 5.41) is 0. The van der Waals surface area contributed by atoms with E-state index in [1.807, 2.05) is 19.1 Å². The first-order valence-electron chi connectivity index (χ1n) is 6.07. The van der Waals surface area contributed by atoms with Crippen LogP contribution in [-0.2, 0) is 10.0 Å². The third kappa shape index (κ3) is 2.37. The van der Waals surface area contributed by atoms with E-state index in [0.717, 1.165) is 11.1 Å². The molecular formula is C14H13N3O2S.